The smallest absolute Gasteiger partial charge is 0.131 e. The first-order valence-electron chi connectivity index (χ1n) is 18.5. The molecule has 0 N–H and O–H groups in total. The Hall–Kier alpha value is -7.30. The van der Waals surface area contributed by atoms with Crippen molar-refractivity contribution in [2.24, 2.45) is 0 Å². The van der Waals surface area contributed by atoms with Crippen LogP contribution < -0.4 is 0 Å². The number of benzene rings is 8. The Morgan fingerprint density at radius 2 is 0.759 bits per heavy atom. The van der Waals surface area contributed by atoms with Crippen molar-refractivity contribution >= 4 is 71.2 Å². The molecule has 0 spiro atoms. The van der Waals surface area contributed by atoms with Crippen molar-refractivity contribution in [1.82, 2.24) is 18.1 Å². The van der Waals surface area contributed by atoms with Crippen molar-refractivity contribution in [1.29, 1.82) is 0 Å². The number of nitrogens with zero attached hydrogens (tertiary/aromatic N) is 4. The monoisotopic (exact) mass is 688 g/mol. The standard InChI is InChI=1S/C50H32N4/c1-4-16-33(17-5-1)49-41-31-40-38-23-11-13-25-43(38)52(36-28-29-44-39(30-36)37-22-10-12-24-42(37)51(44)34-18-6-2-7-19-34)47(40)32-48(41)54-46-27-15-14-26-45(46)53(50(49)54)35-20-8-3-9-21-35/h1-32H. The highest BCUT2D eigenvalue weighted by molar-refractivity contribution is 6.19. The van der Waals surface area contributed by atoms with Gasteiger partial charge in [-0.2, -0.15) is 0 Å². The highest BCUT2D eigenvalue weighted by Crippen LogP contribution is 2.44. The minimum Gasteiger partial charge on any atom is -0.309 e. The summed E-state index contributed by atoms with van der Waals surface area (Å²) < 4.78 is 9.77. The Balaban J connectivity index is 1.22. The molecule has 12 rings (SSSR count). The Morgan fingerprint density at radius 3 is 1.43 bits per heavy atom. The first kappa shape index (κ1) is 29.3. The van der Waals surface area contributed by atoms with Gasteiger partial charge < -0.3 is 9.13 Å². The second kappa shape index (κ2) is 11.1. The molecule has 0 atom stereocenters. The summed E-state index contributed by atoms with van der Waals surface area (Å²) in [6.45, 7) is 0. The van der Waals surface area contributed by atoms with Crippen LogP contribution in [-0.4, -0.2) is 18.1 Å². The molecule has 4 heteroatoms. The van der Waals surface area contributed by atoms with Crippen LogP contribution in [0.15, 0.2) is 194 Å². The molecule has 8 aromatic carbocycles. The predicted molar refractivity (Wildman–Crippen MR) is 226 cm³/mol. The molecule has 0 saturated carbocycles. The van der Waals surface area contributed by atoms with Crippen LogP contribution in [0.3, 0.4) is 0 Å². The number of imidazole rings is 1. The maximum atomic E-state index is 2.48. The van der Waals surface area contributed by atoms with Crippen molar-refractivity contribution in [3.8, 4) is 28.2 Å². The summed E-state index contributed by atoms with van der Waals surface area (Å²) in [4.78, 5) is 0. The molecule has 54 heavy (non-hydrogen) atoms. The number of aromatic nitrogens is 4. The van der Waals surface area contributed by atoms with E-state index in [0.717, 1.165) is 17.1 Å². The van der Waals surface area contributed by atoms with E-state index in [1.54, 1.807) is 0 Å². The van der Waals surface area contributed by atoms with Gasteiger partial charge in [0.2, 0.25) is 0 Å². The average Bonchev–Trinajstić information content (AvgIpc) is 3.95. The fraction of sp³-hybridized carbons (Fsp3) is 0. The lowest BCUT2D eigenvalue weighted by Gasteiger charge is -2.11. The number of rotatable bonds is 4. The molecular weight excluding hydrogens is 657 g/mol. The van der Waals surface area contributed by atoms with Gasteiger partial charge in [0, 0.05) is 49.6 Å². The second-order valence-corrected chi connectivity index (χ2v) is 14.2. The van der Waals surface area contributed by atoms with E-state index in [1.165, 1.54) is 82.3 Å². The van der Waals surface area contributed by atoms with E-state index in [-0.39, 0.29) is 0 Å². The van der Waals surface area contributed by atoms with Gasteiger partial charge in [-0.1, -0.05) is 115 Å². The normalized spacial score (nSPS) is 12.1. The summed E-state index contributed by atoms with van der Waals surface area (Å²) in [5, 5.41) is 6.21. The highest BCUT2D eigenvalue weighted by Gasteiger charge is 2.25. The molecule has 252 valence electrons. The molecule has 0 amide bonds. The molecule has 0 radical (unpaired) electrons. The predicted octanol–water partition coefficient (Wildman–Crippen LogP) is 12.9. The Labute approximate surface area is 310 Å². The van der Waals surface area contributed by atoms with Gasteiger partial charge in [-0.25, -0.2) is 0 Å². The zero-order valence-electron chi connectivity index (χ0n) is 29.3. The molecule has 0 aliphatic rings. The van der Waals surface area contributed by atoms with E-state index in [0.29, 0.717) is 0 Å². The number of fused-ring (bicyclic) bond motifs is 11. The summed E-state index contributed by atoms with van der Waals surface area (Å²) in [6, 6.07) is 70.6. The summed E-state index contributed by atoms with van der Waals surface area (Å²) in [6.07, 6.45) is 0. The molecule has 12 aromatic rings. The van der Waals surface area contributed by atoms with Gasteiger partial charge in [-0.05, 0) is 84.4 Å². The second-order valence-electron chi connectivity index (χ2n) is 14.2. The van der Waals surface area contributed by atoms with Crippen LogP contribution in [0.1, 0.15) is 0 Å². The van der Waals surface area contributed by atoms with Gasteiger partial charge in [0.05, 0.1) is 38.6 Å². The molecule has 0 aliphatic heterocycles. The molecule has 0 bridgehead atoms. The lowest BCUT2D eigenvalue weighted by molar-refractivity contribution is 1.15. The van der Waals surface area contributed by atoms with Gasteiger partial charge in [0.25, 0.3) is 0 Å². The lowest BCUT2D eigenvalue weighted by atomic mass is 10.0. The van der Waals surface area contributed by atoms with Crippen molar-refractivity contribution in [2.75, 3.05) is 0 Å². The quantitative estimate of drug-likeness (QED) is 0.175. The van der Waals surface area contributed by atoms with Gasteiger partial charge in [0.15, 0.2) is 0 Å². The van der Waals surface area contributed by atoms with E-state index in [9.17, 15) is 0 Å². The molecule has 0 saturated heterocycles. The Kier molecular flexibility index (Phi) is 6.02. The van der Waals surface area contributed by atoms with Crippen LogP contribution in [0.25, 0.3) is 99.4 Å². The van der Waals surface area contributed by atoms with Gasteiger partial charge in [-0.15, -0.1) is 0 Å². The van der Waals surface area contributed by atoms with E-state index in [4.69, 9.17) is 0 Å². The fourth-order valence-electron chi connectivity index (χ4n) is 9.11. The summed E-state index contributed by atoms with van der Waals surface area (Å²) >= 11 is 0. The van der Waals surface area contributed by atoms with Crippen molar-refractivity contribution in [2.45, 2.75) is 0 Å². The van der Waals surface area contributed by atoms with Crippen LogP contribution in [-0.2, 0) is 0 Å². The maximum Gasteiger partial charge on any atom is 0.131 e. The van der Waals surface area contributed by atoms with Crippen molar-refractivity contribution in [3.05, 3.63) is 194 Å². The molecule has 4 aromatic heterocycles. The summed E-state index contributed by atoms with van der Waals surface area (Å²) in [7, 11) is 0. The van der Waals surface area contributed by atoms with E-state index >= 15 is 0 Å². The van der Waals surface area contributed by atoms with Gasteiger partial charge >= 0.3 is 0 Å². The largest absolute Gasteiger partial charge is 0.309 e. The first-order chi connectivity index (χ1) is 26.8. The topological polar surface area (TPSA) is 19.2 Å². The number of hydrogen-bond acceptors (Lipinski definition) is 0. The summed E-state index contributed by atoms with van der Waals surface area (Å²) in [5.74, 6) is 0. The third-order valence-electron chi connectivity index (χ3n) is 11.3. The average molecular weight is 689 g/mol. The summed E-state index contributed by atoms with van der Waals surface area (Å²) in [5.41, 5.74) is 15.4. The van der Waals surface area contributed by atoms with Crippen LogP contribution in [0, 0.1) is 0 Å². The third-order valence-corrected chi connectivity index (χ3v) is 11.3. The SMILES string of the molecule is c1ccc(-c2c3cc4c5ccccc5n(-c5ccc6c(c5)c5ccccc5n6-c5ccccc5)c4cc3n3c4ccccc4n(-c4ccccc4)c23)cc1. The number of hydrogen-bond donors (Lipinski definition) is 0. The zero-order chi connectivity index (χ0) is 35.3. The van der Waals surface area contributed by atoms with Crippen molar-refractivity contribution in [3.63, 3.8) is 0 Å². The Bertz CT molecular complexity index is 3410. The first-order valence-corrected chi connectivity index (χ1v) is 18.5. The maximum absolute atomic E-state index is 2.48. The fourth-order valence-corrected chi connectivity index (χ4v) is 9.11. The third kappa shape index (κ3) is 3.97. The van der Waals surface area contributed by atoms with Crippen molar-refractivity contribution < 1.29 is 0 Å². The zero-order valence-corrected chi connectivity index (χ0v) is 29.3. The van der Waals surface area contributed by atoms with Gasteiger partial charge in [0.1, 0.15) is 5.65 Å². The van der Waals surface area contributed by atoms with E-state index in [1.807, 2.05) is 0 Å². The molecule has 0 aliphatic carbocycles. The van der Waals surface area contributed by atoms with Crippen LogP contribution in [0.5, 0.6) is 0 Å². The lowest BCUT2D eigenvalue weighted by Crippen LogP contribution is -1.95. The number of para-hydroxylation sites is 6. The minimum atomic E-state index is 1.14. The molecule has 0 fully saturated rings. The minimum absolute atomic E-state index is 1.14. The highest BCUT2D eigenvalue weighted by atomic mass is 15.1. The van der Waals surface area contributed by atoms with E-state index in [2.05, 4.69) is 212 Å². The molecular formula is C50H32N4. The van der Waals surface area contributed by atoms with Crippen LogP contribution in [0.4, 0.5) is 0 Å². The van der Waals surface area contributed by atoms with Crippen LogP contribution in [0.2, 0.25) is 0 Å². The Morgan fingerprint density at radius 1 is 0.259 bits per heavy atom. The molecule has 4 nitrogen and oxygen atoms in total. The van der Waals surface area contributed by atoms with Crippen LogP contribution >= 0.6 is 0 Å². The molecule has 0 unspecified atom stereocenters. The van der Waals surface area contributed by atoms with E-state index < -0.39 is 0 Å². The van der Waals surface area contributed by atoms with Gasteiger partial charge in [-0.3, -0.25) is 8.97 Å². The molecule has 4 heterocycles.